The van der Waals surface area contributed by atoms with Gasteiger partial charge < -0.3 is 11.1 Å². The van der Waals surface area contributed by atoms with Crippen LogP contribution < -0.4 is 11.1 Å². The van der Waals surface area contributed by atoms with Crippen LogP contribution in [0.3, 0.4) is 0 Å². The normalized spacial score (nSPS) is 11.8. The average molecular weight is 265 g/mol. The van der Waals surface area contributed by atoms with Crippen LogP contribution in [0.25, 0.3) is 0 Å². The Balaban J connectivity index is 2.38. The zero-order valence-electron chi connectivity index (χ0n) is 10.6. The third-order valence-corrected chi connectivity index (χ3v) is 2.93. The molecule has 0 aliphatic carbocycles. The van der Waals surface area contributed by atoms with Crippen LogP contribution in [-0.4, -0.2) is 22.4 Å². The minimum Gasteiger partial charge on any atom is -0.393 e. The fourth-order valence-electron chi connectivity index (χ4n) is 1.67. The highest BCUT2D eigenvalue weighted by molar-refractivity contribution is 7.80. The zero-order chi connectivity index (χ0) is 13.4. The van der Waals surface area contributed by atoms with Gasteiger partial charge in [-0.15, -0.1) is 0 Å². The van der Waals surface area contributed by atoms with Crippen LogP contribution in [0.5, 0.6) is 0 Å². The van der Waals surface area contributed by atoms with Gasteiger partial charge in [0.2, 0.25) is 5.91 Å². The molecule has 1 atom stereocenters. The predicted octanol–water partition coefficient (Wildman–Crippen LogP) is 1.44. The van der Waals surface area contributed by atoms with Crippen molar-refractivity contribution >= 4 is 23.1 Å². The maximum atomic E-state index is 11.9. The van der Waals surface area contributed by atoms with E-state index in [4.69, 9.17) is 18.0 Å². The Kier molecular flexibility index (Phi) is 6.28. The molecular weight excluding hydrogens is 246 g/mol. The van der Waals surface area contributed by atoms with Gasteiger partial charge in [-0.25, -0.2) is 0 Å². The molecule has 1 heterocycles. The van der Waals surface area contributed by atoms with Gasteiger partial charge in [0.05, 0.1) is 10.9 Å². The monoisotopic (exact) mass is 265 g/mol. The molecule has 0 aliphatic heterocycles. The molecule has 1 rings (SSSR count). The van der Waals surface area contributed by atoms with Crippen molar-refractivity contribution in [3.05, 3.63) is 30.1 Å². The number of amides is 1. The number of hydrogen-bond acceptors (Lipinski definition) is 3. The van der Waals surface area contributed by atoms with Gasteiger partial charge in [-0.2, -0.15) is 0 Å². The van der Waals surface area contributed by atoms with Crippen LogP contribution in [0, 0.1) is 5.92 Å². The second kappa shape index (κ2) is 7.76. The van der Waals surface area contributed by atoms with E-state index in [-0.39, 0.29) is 16.8 Å². The summed E-state index contributed by atoms with van der Waals surface area (Å²) in [5.41, 5.74) is 6.52. The number of carbonyl (C=O) groups is 1. The molecule has 98 valence electrons. The Morgan fingerprint density at radius 3 is 2.89 bits per heavy atom. The molecule has 0 radical (unpaired) electrons. The third-order valence-electron chi connectivity index (χ3n) is 2.64. The highest BCUT2D eigenvalue weighted by Crippen LogP contribution is 2.07. The van der Waals surface area contributed by atoms with Gasteiger partial charge in [-0.3, -0.25) is 9.78 Å². The first-order valence-electron chi connectivity index (χ1n) is 6.12. The van der Waals surface area contributed by atoms with Crippen molar-refractivity contribution < 1.29 is 4.79 Å². The third kappa shape index (κ3) is 4.79. The Morgan fingerprint density at radius 2 is 2.33 bits per heavy atom. The topological polar surface area (TPSA) is 68.0 Å². The zero-order valence-corrected chi connectivity index (χ0v) is 11.4. The van der Waals surface area contributed by atoms with Gasteiger partial charge in [0, 0.05) is 24.9 Å². The van der Waals surface area contributed by atoms with Crippen LogP contribution in [0.2, 0.25) is 0 Å². The fraction of sp³-hybridized carbons (Fsp3) is 0.462. The van der Waals surface area contributed by atoms with Crippen molar-refractivity contribution in [3.8, 4) is 0 Å². The summed E-state index contributed by atoms with van der Waals surface area (Å²) in [5, 5.41) is 2.85. The second-order valence-corrected chi connectivity index (χ2v) is 4.58. The molecule has 18 heavy (non-hydrogen) atoms. The first-order valence-corrected chi connectivity index (χ1v) is 6.53. The summed E-state index contributed by atoms with van der Waals surface area (Å²) in [4.78, 5) is 16.3. The lowest BCUT2D eigenvalue weighted by Crippen LogP contribution is -2.38. The number of rotatable bonds is 7. The van der Waals surface area contributed by atoms with E-state index in [0.717, 1.165) is 12.1 Å². The Morgan fingerprint density at radius 1 is 1.56 bits per heavy atom. The molecule has 0 aliphatic rings. The van der Waals surface area contributed by atoms with Crippen LogP contribution in [0.15, 0.2) is 24.4 Å². The number of carbonyl (C=O) groups excluding carboxylic acids is 1. The SMILES string of the molecule is CCCC(C(=O)NCCc1ccccn1)C(N)=S. The van der Waals surface area contributed by atoms with E-state index in [1.165, 1.54) is 0 Å². The molecule has 0 spiro atoms. The Labute approximate surface area is 113 Å². The molecule has 4 nitrogen and oxygen atoms in total. The largest absolute Gasteiger partial charge is 0.393 e. The molecule has 1 aromatic heterocycles. The number of nitrogens with one attached hydrogen (secondary N) is 1. The summed E-state index contributed by atoms with van der Waals surface area (Å²) in [6, 6.07) is 5.73. The minimum absolute atomic E-state index is 0.0831. The molecule has 5 heteroatoms. The van der Waals surface area contributed by atoms with Crippen molar-refractivity contribution in [1.82, 2.24) is 10.3 Å². The van der Waals surface area contributed by atoms with Gasteiger partial charge >= 0.3 is 0 Å². The summed E-state index contributed by atoms with van der Waals surface area (Å²) in [7, 11) is 0. The molecule has 0 saturated carbocycles. The summed E-state index contributed by atoms with van der Waals surface area (Å²) in [6.45, 7) is 2.56. The van der Waals surface area contributed by atoms with Crippen molar-refractivity contribution in [2.45, 2.75) is 26.2 Å². The molecule has 1 unspecified atom stereocenters. The van der Waals surface area contributed by atoms with Crippen molar-refractivity contribution in [2.75, 3.05) is 6.54 Å². The average Bonchev–Trinajstić information content (AvgIpc) is 2.36. The number of hydrogen-bond donors (Lipinski definition) is 2. The van der Waals surface area contributed by atoms with Crippen LogP contribution in [0.4, 0.5) is 0 Å². The second-order valence-electron chi connectivity index (χ2n) is 4.11. The van der Waals surface area contributed by atoms with Gasteiger partial charge in [-0.05, 0) is 18.6 Å². The summed E-state index contributed by atoms with van der Waals surface area (Å²) >= 11 is 4.91. The standard InChI is InChI=1S/C13H19N3OS/c1-2-5-11(12(14)18)13(17)16-9-7-10-6-3-4-8-15-10/h3-4,6,8,11H,2,5,7,9H2,1H3,(H2,14,18)(H,16,17). The van der Waals surface area contributed by atoms with E-state index in [0.29, 0.717) is 19.4 Å². The highest BCUT2D eigenvalue weighted by atomic mass is 32.1. The van der Waals surface area contributed by atoms with E-state index in [2.05, 4.69) is 10.3 Å². The van der Waals surface area contributed by atoms with Gasteiger partial charge in [0.15, 0.2) is 0 Å². The van der Waals surface area contributed by atoms with E-state index < -0.39 is 0 Å². The lowest BCUT2D eigenvalue weighted by atomic mass is 10.0. The summed E-state index contributed by atoms with van der Waals surface area (Å²) < 4.78 is 0. The van der Waals surface area contributed by atoms with E-state index >= 15 is 0 Å². The first kappa shape index (κ1) is 14.6. The number of thiocarbonyl (C=S) groups is 1. The number of nitrogens with zero attached hydrogens (tertiary/aromatic N) is 1. The molecule has 3 N–H and O–H groups in total. The van der Waals surface area contributed by atoms with E-state index in [9.17, 15) is 4.79 Å². The molecular formula is C13H19N3OS. The Bertz CT molecular complexity index is 394. The van der Waals surface area contributed by atoms with E-state index in [1.54, 1.807) is 6.20 Å². The van der Waals surface area contributed by atoms with Crippen molar-refractivity contribution in [1.29, 1.82) is 0 Å². The van der Waals surface area contributed by atoms with Crippen LogP contribution in [-0.2, 0) is 11.2 Å². The molecule has 0 bridgehead atoms. The minimum atomic E-state index is -0.353. The number of pyridine rings is 1. The number of aromatic nitrogens is 1. The molecule has 1 aromatic rings. The van der Waals surface area contributed by atoms with Gasteiger partial charge in [-0.1, -0.05) is 31.6 Å². The lowest BCUT2D eigenvalue weighted by Gasteiger charge is -2.14. The lowest BCUT2D eigenvalue weighted by molar-refractivity contribution is -0.123. The quantitative estimate of drug-likeness (QED) is 0.732. The highest BCUT2D eigenvalue weighted by Gasteiger charge is 2.19. The fourth-order valence-corrected chi connectivity index (χ4v) is 1.90. The number of nitrogens with two attached hydrogens (primary N) is 1. The van der Waals surface area contributed by atoms with E-state index in [1.807, 2.05) is 25.1 Å². The maximum Gasteiger partial charge on any atom is 0.229 e. The maximum absolute atomic E-state index is 11.9. The Hall–Kier alpha value is -1.49. The van der Waals surface area contributed by atoms with Crippen molar-refractivity contribution in [3.63, 3.8) is 0 Å². The molecule has 1 amide bonds. The van der Waals surface area contributed by atoms with Crippen LogP contribution >= 0.6 is 12.2 Å². The smallest absolute Gasteiger partial charge is 0.229 e. The molecule has 0 fully saturated rings. The summed E-state index contributed by atoms with van der Waals surface area (Å²) in [5.74, 6) is -0.436. The first-order chi connectivity index (χ1) is 8.65. The van der Waals surface area contributed by atoms with Gasteiger partial charge in [0.25, 0.3) is 0 Å². The summed E-state index contributed by atoms with van der Waals surface area (Å²) in [6.07, 6.45) is 4.04. The molecule has 0 aromatic carbocycles. The van der Waals surface area contributed by atoms with Crippen LogP contribution in [0.1, 0.15) is 25.5 Å². The van der Waals surface area contributed by atoms with Crippen molar-refractivity contribution in [2.24, 2.45) is 11.7 Å². The predicted molar refractivity (Wildman–Crippen MR) is 76.1 cm³/mol. The van der Waals surface area contributed by atoms with Gasteiger partial charge in [0.1, 0.15) is 0 Å². The molecule has 0 saturated heterocycles.